The minimum absolute atomic E-state index is 0.0631. The number of nitriles is 1. The Balaban J connectivity index is 1.98. The molecule has 0 saturated heterocycles. The molecule has 0 unspecified atom stereocenters. The summed E-state index contributed by atoms with van der Waals surface area (Å²) < 4.78 is 7.18. The van der Waals surface area contributed by atoms with Gasteiger partial charge in [0, 0.05) is 23.1 Å². The number of phenolic OH excluding ortho intramolecular Hbond substituents is 1. The highest BCUT2D eigenvalue weighted by Gasteiger charge is 2.18. The van der Waals surface area contributed by atoms with Crippen LogP contribution in [0.25, 0.3) is 11.8 Å². The molecule has 0 aliphatic rings. The number of nitro benzene ring substituents is 1. The Morgan fingerprint density at radius 2 is 1.91 bits per heavy atom. The molecule has 3 aromatic rings. The van der Waals surface area contributed by atoms with Crippen LogP contribution in [0.2, 0.25) is 0 Å². The molecule has 0 spiro atoms. The molecule has 1 heterocycles. The zero-order chi connectivity index (χ0) is 23.4. The van der Waals surface area contributed by atoms with E-state index in [4.69, 9.17) is 4.74 Å². The van der Waals surface area contributed by atoms with E-state index >= 15 is 0 Å². The van der Waals surface area contributed by atoms with Crippen molar-refractivity contribution in [2.24, 2.45) is 0 Å². The summed E-state index contributed by atoms with van der Waals surface area (Å²) in [5.41, 5.74) is 2.99. The Kier molecular flexibility index (Phi) is 6.26. The van der Waals surface area contributed by atoms with Gasteiger partial charge in [0.25, 0.3) is 11.6 Å². The summed E-state index contributed by atoms with van der Waals surface area (Å²) in [7, 11) is 1.43. The van der Waals surface area contributed by atoms with Gasteiger partial charge in [0.05, 0.1) is 23.8 Å². The van der Waals surface area contributed by atoms with E-state index in [-0.39, 0.29) is 17.0 Å². The Morgan fingerprint density at radius 1 is 1.22 bits per heavy atom. The van der Waals surface area contributed by atoms with Crippen molar-refractivity contribution in [2.45, 2.75) is 13.8 Å². The van der Waals surface area contributed by atoms with Gasteiger partial charge in [0.1, 0.15) is 23.1 Å². The van der Waals surface area contributed by atoms with Crippen LogP contribution < -0.4 is 10.1 Å². The van der Waals surface area contributed by atoms with Crippen molar-refractivity contribution in [1.29, 1.82) is 5.26 Å². The number of benzene rings is 2. The van der Waals surface area contributed by atoms with E-state index < -0.39 is 10.8 Å². The lowest BCUT2D eigenvalue weighted by molar-refractivity contribution is -0.384. The van der Waals surface area contributed by atoms with Gasteiger partial charge in [-0.25, -0.2) is 0 Å². The molecular formula is C23H20N4O5. The molecule has 9 nitrogen and oxygen atoms in total. The first-order chi connectivity index (χ1) is 15.2. The predicted octanol–water partition coefficient (Wildman–Crippen LogP) is 4.26. The molecular weight excluding hydrogens is 412 g/mol. The molecule has 1 amide bonds. The van der Waals surface area contributed by atoms with Crippen molar-refractivity contribution < 1.29 is 19.6 Å². The molecule has 0 saturated carbocycles. The predicted molar refractivity (Wildman–Crippen MR) is 119 cm³/mol. The van der Waals surface area contributed by atoms with Crippen molar-refractivity contribution in [1.82, 2.24) is 4.57 Å². The largest absolute Gasteiger partial charge is 0.508 e. The highest BCUT2D eigenvalue weighted by molar-refractivity contribution is 6.09. The second kappa shape index (κ2) is 9.06. The lowest BCUT2D eigenvalue weighted by Crippen LogP contribution is -2.13. The van der Waals surface area contributed by atoms with Gasteiger partial charge in [-0.3, -0.25) is 14.9 Å². The number of carbonyl (C=O) groups is 1. The molecule has 0 fully saturated rings. The third-order valence-electron chi connectivity index (χ3n) is 4.88. The monoisotopic (exact) mass is 432 g/mol. The number of nitro groups is 1. The standard InChI is InChI=1S/C23H20N4O5/c1-14-10-16(11-17(13-24)23(29)25-18-4-7-20(28)8-5-18)15(2)26(14)21-9-6-19(27(30)31)12-22(21)32-3/h4-12,28H,1-3H3,(H,25,29). The van der Waals surface area contributed by atoms with Crippen molar-refractivity contribution in [3.8, 4) is 23.3 Å². The fourth-order valence-electron chi connectivity index (χ4n) is 3.32. The topological polar surface area (TPSA) is 130 Å². The number of carbonyl (C=O) groups excluding carboxylic acids is 1. The van der Waals surface area contributed by atoms with E-state index in [1.54, 1.807) is 12.1 Å². The molecule has 0 bridgehead atoms. The van der Waals surface area contributed by atoms with Gasteiger partial charge in [0.15, 0.2) is 0 Å². The number of non-ortho nitro benzene ring substituents is 1. The summed E-state index contributed by atoms with van der Waals surface area (Å²) in [6.07, 6.45) is 1.48. The molecule has 9 heteroatoms. The van der Waals surface area contributed by atoms with E-state index in [2.05, 4.69) is 5.32 Å². The van der Waals surface area contributed by atoms with Crippen LogP contribution in [0.3, 0.4) is 0 Å². The minimum atomic E-state index is -0.587. The molecule has 0 radical (unpaired) electrons. The fraction of sp³-hybridized carbons (Fsp3) is 0.130. The molecule has 0 atom stereocenters. The Morgan fingerprint density at radius 3 is 2.50 bits per heavy atom. The number of methoxy groups -OCH3 is 1. The van der Waals surface area contributed by atoms with E-state index in [0.717, 1.165) is 11.4 Å². The van der Waals surface area contributed by atoms with E-state index in [0.29, 0.717) is 22.7 Å². The quantitative estimate of drug-likeness (QED) is 0.197. The van der Waals surface area contributed by atoms with Crippen LogP contribution in [0, 0.1) is 35.3 Å². The van der Waals surface area contributed by atoms with Crippen LogP contribution in [-0.2, 0) is 4.79 Å². The van der Waals surface area contributed by atoms with Gasteiger partial charge < -0.3 is 19.7 Å². The number of nitrogens with one attached hydrogen (secondary N) is 1. The number of hydrogen-bond donors (Lipinski definition) is 2. The number of amides is 1. The number of aromatic hydroxyl groups is 1. The highest BCUT2D eigenvalue weighted by Crippen LogP contribution is 2.32. The summed E-state index contributed by atoms with van der Waals surface area (Å²) in [4.78, 5) is 23.1. The van der Waals surface area contributed by atoms with Gasteiger partial charge in [-0.1, -0.05) is 0 Å². The van der Waals surface area contributed by atoms with Gasteiger partial charge in [0.2, 0.25) is 0 Å². The summed E-state index contributed by atoms with van der Waals surface area (Å²) >= 11 is 0. The number of nitrogens with zero attached hydrogens (tertiary/aromatic N) is 3. The molecule has 0 aliphatic heterocycles. The molecule has 0 aliphatic carbocycles. The molecule has 162 valence electrons. The summed E-state index contributed by atoms with van der Waals surface area (Å²) in [6.45, 7) is 3.65. The maximum atomic E-state index is 12.6. The Hall–Kier alpha value is -4.58. The van der Waals surface area contributed by atoms with Gasteiger partial charge in [-0.05, 0) is 61.9 Å². The number of anilines is 1. The Bertz CT molecular complexity index is 1270. The number of hydrogen-bond acceptors (Lipinski definition) is 6. The van der Waals surface area contributed by atoms with Crippen molar-refractivity contribution in [3.05, 3.63) is 81.2 Å². The van der Waals surface area contributed by atoms with E-state index in [9.17, 15) is 25.3 Å². The third kappa shape index (κ3) is 4.44. The molecule has 1 aromatic heterocycles. The van der Waals surface area contributed by atoms with Crippen molar-refractivity contribution in [2.75, 3.05) is 12.4 Å². The smallest absolute Gasteiger partial charge is 0.273 e. The number of rotatable bonds is 6. The number of ether oxygens (including phenoxy) is 1. The maximum Gasteiger partial charge on any atom is 0.273 e. The average molecular weight is 432 g/mol. The van der Waals surface area contributed by atoms with Crippen LogP contribution in [0.4, 0.5) is 11.4 Å². The lowest BCUT2D eigenvalue weighted by Gasteiger charge is -2.13. The van der Waals surface area contributed by atoms with Crippen molar-refractivity contribution in [3.63, 3.8) is 0 Å². The summed E-state index contributed by atoms with van der Waals surface area (Å²) in [6, 6.07) is 13.9. The first-order valence-electron chi connectivity index (χ1n) is 9.49. The average Bonchev–Trinajstić information content (AvgIpc) is 3.05. The third-order valence-corrected chi connectivity index (χ3v) is 4.88. The van der Waals surface area contributed by atoms with E-state index in [1.165, 1.54) is 49.6 Å². The summed E-state index contributed by atoms with van der Waals surface area (Å²) in [5.74, 6) is -0.203. The first kappa shape index (κ1) is 22.1. The van der Waals surface area contributed by atoms with Crippen LogP contribution >= 0.6 is 0 Å². The van der Waals surface area contributed by atoms with Gasteiger partial charge in [-0.2, -0.15) is 5.26 Å². The second-order valence-corrected chi connectivity index (χ2v) is 6.95. The second-order valence-electron chi connectivity index (χ2n) is 6.95. The van der Waals surface area contributed by atoms with Crippen LogP contribution in [0.5, 0.6) is 11.5 Å². The lowest BCUT2D eigenvalue weighted by atomic mass is 10.1. The summed E-state index contributed by atoms with van der Waals surface area (Å²) in [5, 5.41) is 32.6. The maximum absolute atomic E-state index is 12.6. The molecule has 32 heavy (non-hydrogen) atoms. The van der Waals surface area contributed by atoms with Crippen molar-refractivity contribution >= 4 is 23.4 Å². The molecule has 3 rings (SSSR count). The van der Waals surface area contributed by atoms with E-state index in [1.807, 2.05) is 24.5 Å². The van der Waals surface area contributed by atoms with Gasteiger partial charge in [-0.15, -0.1) is 0 Å². The number of aryl methyl sites for hydroxylation is 1. The number of aromatic nitrogens is 1. The zero-order valence-corrected chi connectivity index (χ0v) is 17.6. The van der Waals surface area contributed by atoms with Gasteiger partial charge >= 0.3 is 0 Å². The number of phenols is 1. The molecule has 2 N–H and O–H groups in total. The van der Waals surface area contributed by atoms with Crippen LogP contribution in [-0.4, -0.2) is 27.6 Å². The zero-order valence-electron chi connectivity index (χ0n) is 17.6. The Labute approximate surface area is 183 Å². The first-order valence-corrected chi connectivity index (χ1v) is 9.49. The van der Waals surface area contributed by atoms with Crippen LogP contribution in [0.1, 0.15) is 17.0 Å². The SMILES string of the molecule is COc1cc([N+](=O)[O-])ccc1-n1c(C)cc(C=C(C#N)C(=O)Nc2ccc(O)cc2)c1C. The minimum Gasteiger partial charge on any atom is -0.508 e. The highest BCUT2D eigenvalue weighted by atomic mass is 16.6. The molecule has 2 aromatic carbocycles. The fourth-order valence-corrected chi connectivity index (χ4v) is 3.32. The van der Waals surface area contributed by atoms with Crippen LogP contribution in [0.15, 0.2) is 54.1 Å². The normalized spacial score (nSPS) is 11.0.